The first-order chi connectivity index (χ1) is 11.6. The molecule has 0 aliphatic carbocycles. The van der Waals surface area contributed by atoms with Crippen LogP contribution < -0.4 is 10.2 Å². The molecule has 1 N–H and O–H groups in total. The summed E-state index contributed by atoms with van der Waals surface area (Å²) in [6.45, 7) is 0.324. The van der Waals surface area contributed by atoms with E-state index in [1.165, 1.54) is 0 Å². The van der Waals surface area contributed by atoms with Gasteiger partial charge in [-0.15, -0.1) is 0 Å². The molecule has 2 aromatic carbocycles. The minimum Gasteiger partial charge on any atom is -0.378 e. The molecule has 5 nitrogen and oxygen atoms in total. The number of hydrogen-bond donors (Lipinski definition) is 1. The summed E-state index contributed by atoms with van der Waals surface area (Å²) < 4.78 is 5.32. The van der Waals surface area contributed by atoms with Crippen LogP contribution in [-0.4, -0.2) is 25.2 Å². The highest BCUT2D eigenvalue weighted by Gasteiger charge is 2.09. The molecule has 0 fully saturated rings. The van der Waals surface area contributed by atoms with Crippen LogP contribution in [0, 0.1) is 0 Å². The number of rotatable bonds is 5. The van der Waals surface area contributed by atoms with Gasteiger partial charge in [0.15, 0.2) is 5.76 Å². The van der Waals surface area contributed by atoms with E-state index in [1.54, 1.807) is 0 Å². The summed E-state index contributed by atoms with van der Waals surface area (Å²) in [4.78, 5) is 14.2. The van der Waals surface area contributed by atoms with E-state index in [0.29, 0.717) is 23.6 Å². The van der Waals surface area contributed by atoms with Crippen molar-refractivity contribution in [3.05, 3.63) is 71.9 Å². The molecule has 0 saturated carbocycles. The minimum absolute atomic E-state index is 0.135. The molecule has 0 saturated heterocycles. The van der Waals surface area contributed by atoms with Crippen molar-refractivity contribution in [1.82, 2.24) is 10.5 Å². The topological polar surface area (TPSA) is 58.4 Å². The van der Waals surface area contributed by atoms with Crippen LogP contribution in [0.4, 0.5) is 5.69 Å². The molecule has 3 rings (SSSR count). The Kier molecular flexibility index (Phi) is 4.61. The van der Waals surface area contributed by atoms with Gasteiger partial charge in [-0.05, 0) is 24.3 Å². The molecule has 1 heterocycles. The summed E-state index contributed by atoms with van der Waals surface area (Å²) in [7, 11) is 3.92. The van der Waals surface area contributed by atoms with E-state index in [0.717, 1.165) is 11.3 Å². The van der Waals surface area contributed by atoms with Crippen LogP contribution in [0.5, 0.6) is 0 Å². The summed E-state index contributed by atoms with van der Waals surface area (Å²) in [6.07, 6.45) is 0. The lowest BCUT2D eigenvalue weighted by Gasteiger charge is -2.12. The van der Waals surface area contributed by atoms with Crippen LogP contribution in [0.2, 0.25) is 0 Å². The van der Waals surface area contributed by atoms with E-state index >= 15 is 0 Å². The Balaban J connectivity index is 1.61. The van der Waals surface area contributed by atoms with Crippen LogP contribution in [0.25, 0.3) is 11.3 Å². The van der Waals surface area contributed by atoms with E-state index in [9.17, 15) is 4.79 Å². The van der Waals surface area contributed by atoms with Crippen molar-refractivity contribution < 1.29 is 9.32 Å². The Hall–Kier alpha value is -3.08. The third kappa shape index (κ3) is 3.63. The lowest BCUT2D eigenvalue weighted by molar-refractivity contribution is 0.0950. The van der Waals surface area contributed by atoms with E-state index in [-0.39, 0.29) is 5.91 Å². The summed E-state index contributed by atoms with van der Waals surface area (Å²) >= 11 is 0. The fourth-order valence-corrected chi connectivity index (χ4v) is 2.32. The molecule has 5 heteroatoms. The van der Waals surface area contributed by atoms with Gasteiger partial charge in [-0.3, -0.25) is 4.79 Å². The molecule has 0 radical (unpaired) electrons. The van der Waals surface area contributed by atoms with Crippen molar-refractivity contribution in [2.75, 3.05) is 19.0 Å². The Morgan fingerprint density at radius 3 is 2.46 bits per heavy atom. The van der Waals surface area contributed by atoms with Crippen molar-refractivity contribution in [1.29, 1.82) is 0 Å². The highest BCUT2D eigenvalue weighted by atomic mass is 16.5. The molecule has 3 aromatic rings. The van der Waals surface area contributed by atoms with Gasteiger partial charge in [0, 0.05) is 37.0 Å². The normalized spacial score (nSPS) is 10.4. The SMILES string of the molecule is CN(C)c1ccc(C(=O)NCc2cc(-c3ccccc3)on2)cc1. The van der Waals surface area contributed by atoms with Gasteiger partial charge in [-0.25, -0.2) is 0 Å². The van der Waals surface area contributed by atoms with Gasteiger partial charge in [-0.2, -0.15) is 0 Å². The molecular formula is C19H19N3O2. The lowest BCUT2D eigenvalue weighted by Crippen LogP contribution is -2.23. The average molecular weight is 321 g/mol. The first-order valence-corrected chi connectivity index (χ1v) is 7.70. The second kappa shape index (κ2) is 7.00. The first-order valence-electron chi connectivity index (χ1n) is 7.70. The smallest absolute Gasteiger partial charge is 0.251 e. The fourth-order valence-electron chi connectivity index (χ4n) is 2.32. The summed E-state index contributed by atoms with van der Waals surface area (Å²) in [6, 6.07) is 19.0. The van der Waals surface area contributed by atoms with Gasteiger partial charge < -0.3 is 14.7 Å². The van der Waals surface area contributed by atoms with Crippen LogP contribution in [0.3, 0.4) is 0 Å². The minimum atomic E-state index is -0.135. The number of hydrogen-bond acceptors (Lipinski definition) is 4. The molecule has 0 spiro atoms. The maximum Gasteiger partial charge on any atom is 0.251 e. The maximum absolute atomic E-state index is 12.2. The molecular weight excluding hydrogens is 302 g/mol. The Morgan fingerprint density at radius 1 is 1.08 bits per heavy atom. The third-order valence-corrected chi connectivity index (χ3v) is 3.69. The Morgan fingerprint density at radius 2 is 1.79 bits per heavy atom. The largest absolute Gasteiger partial charge is 0.378 e. The van der Waals surface area contributed by atoms with Crippen LogP contribution in [0.1, 0.15) is 16.1 Å². The van der Waals surface area contributed by atoms with Crippen molar-refractivity contribution >= 4 is 11.6 Å². The molecule has 0 aliphatic rings. The number of benzene rings is 2. The quantitative estimate of drug-likeness (QED) is 0.783. The molecule has 1 aromatic heterocycles. The number of carbonyl (C=O) groups excluding carboxylic acids is 1. The van der Waals surface area contributed by atoms with E-state index in [1.807, 2.05) is 79.7 Å². The number of anilines is 1. The molecule has 24 heavy (non-hydrogen) atoms. The van der Waals surface area contributed by atoms with E-state index < -0.39 is 0 Å². The Bertz CT molecular complexity index is 808. The predicted octanol–water partition coefficient (Wildman–Crippen LogP) is 3.34. The molecule has 0 bridgehead atoms. The van der Waals surface area contributed by atoms with Gasteiger partial charge in [0.1, 0.15) is 5.69 Å². The van der Waals surface area contributed by atoms with Crippen LogP contribution in [-0.2, 0) is 6.54 Å². The van der Waals surface area contributed by atoms with Crippen LogP contribution >= 0.6 is 0 Å². The van der Waals surface area contributed by atoms with Gasteiger partial charge >= 0.3 is 0 Å². The van der Waals surface area contributed by atoms with Crippen molar-refractivity contribution in [2.24, 2.45) is 0 Å². The van der Waals surface area contributed by atoms with Crippen LogP contribution in [0.15, 0.2) is 65.2 Å². The fraction of sp³-hybridized carbons (Fsp3) is 0.158. The molecule has 1 amide bonds. The summed E-state index contributed by atoms with van der Waals surface area (Å²) in [5.41, 5.74) is 3.32. The highest BCUT2D eigenvalue weighted by molar-refractivity contribution is 5.94. The number of aromatic nitrogens is 1. The maximum atomic E-state index is 12.2. The molecule has 0 unspecified atom stereocenters. The lowest BCUT2D eigenvalue weighted by atomic mass is 10.1. The number of nitrogens with one attached hydrogen (secondary N) is 1. The number of amides is 1. The zero-order chi connectivity index (χ0) is 16.9. The molecule has 122 valence electrons. The zero-order valence-electron chi connectivity index (χ0n) is 13.7. The van der Waals surface area contributed by atoms with Gasteiger partial charge in [0.25, 0.3) is 5.91 Å². The highest BCUT2D eigenvalue weighted by Crippen LogP contribution is 2.19. The standard InChI is InChI=1S/C19H19N3O2/c1-22(2)17-10-8-15(9-11-17)19(23)20-13-16-12-18(24-21-16)14-6-4-3-5-7-14/h3-12H,13H2,1-2H3,(H,20,23). The average Bonchev–Trinajstić information content (AvgIpc) is 3.09. The van der Waals surface area contributed by atoms with Crippen molar-refractivity contribution in [3.8, 4) is 11.3 Å². The third-order valence-electron chi connectivity index (χ3n) is 3.69. The summed E-state index contributed by atoms with van der Waals surface area (Å²) in [5, 5.41) is 6.85. The Labute approximate surface area is 140 Å². The molecule has 0 atom stereocenters. The number of nitrogens with zero attached hydrogens (tertiary/aromatic N) is 2. The van der Waals surface area contributed by atoms with Crippen molar-refractivity contribution in [3.63, 3.8) is 0 Å². The second-order valence-corrected chi connectivity index (χ2v) is 5.67. The van der Waals surface area contributed by atoms with Gasteiger partial charge in [0.05, 0.1) is 6.54 Å². The van der Waals surface area contributed by atoms with Gasteiger partial charge in [-0.1, -0.05) is 35.5 Å². The predicted molar refractivity (Wildman–Crippen MR) is 93.9 cm³/mol. The summed E-state index contributed by atoms with van der Waals surface area (Å²) in [5.74, 6) is 0.555. The van der Waals surface area contributed by atoms with E-state index in [4.69, 9.17) is 4.52 Å². The monoisotopic (exact) mass is 321 g/mol. The first kappa shape index (κ1) is 15.8. The second-order valence-electron chi connectivity index (χ2n) is 5.67. The zero-order valence-corrected chi connectivity index (χ0v) is 13.7. The number of carbonyl (C=O) groups is 1. The van der Waals surface area contributed by atoms with E-state index in [2.05, 4.69) is 10.5 Å². The van der Waals surface area contributed by atoms with Crippen molar-refractivity contribution in [2.45, 2.75) is 6.54 Å². The van der Waals surface area contributed by atoms with Gasteiger partial charge in [0.2, 0.25) is 0 Å². The molecule has 0 aliphatic heterocycles.